The molecule has 3 heterocycles. The molecule has 138 valence electrons. The largest absolute Gasteiger partial charge is 0.372 e. The lowest BCUT2D eigenvalue weighted by molar-refractivity contribution is -0.115. The summed E-state index contributed by atoms with van der Waals surface area (Å²) in [5.74, 6) is 0.720. The van der Waals surface area contributed by atoms with E-state index in [0.29, 0.717) is 12.1 Å². The highest BCUT2D eigenvalue weighted by molar-refractivity contribution is 7.10. The van der Waals surface area contributed by atoms with Gasteiger partial charge in [0.05, 0.1) is 18.3 Å². The molecule has 27 heavy (non-hydrogen) atoms. The number of benzene rings is 1. The number of pyridine rings is 1. The van der Waals surface area contributed by atoms with E-state index in [1.807, 2.05) is 29.6 Å². The second-order valence-corrected chi connectivity index (χ2v) is 7.63. The number of anilines is 4. The van der Waals surface area contributed by atoms with Crippen molar-refractivity contribution in [3.63, 3.8) is 0 Å². The number of rotatable bonds is 6. The van der Waals surface area contributed by atoms with Gasteiger partial charge in [-0.1, -0.05) is 6.07 Å². The fourth-order valence-corrected chi connectivity index (χ4v) is 3.90. The summed E-state index contributed by atoms with van der Waals surface area (Å²) in [6, 6.07) is 16.1. The predicted molar refractivity (Wildman–Crippen MR) is 112 cm³/mol. The molecule has 2 aromatic heterocycles. The van der Waals surface area contributed by atoms with Gasteiger partial charge in [0.1, 0.15) is 5.82 Å². The number of thiophene rings is 1. The summed E-state index contributed by atoms with van der Waals surface area (Å²) in [7, 11) is 0. The number of carbonyl (C=O) groups is 1. The minimum Gasteiger partial charge on any atom is -0.372 e. The average molecular weight is 379 g/mol. The van der Waals surface area contributed by atoms with Crippen molar-refractivity contribution in [2.45, 2.75) is 19.3 Å². The van der Waals surface area contributed by atoms with Crippen molar-refractivity contribution >= 4 is 40.1 Å². The lowest BCUT2D eigenvalue weighted by Gasteiger charge is -2.17. The fraction of sp³-hybridized carbons (Fsp3) is 0.238. The molecule has 1 amide bonds. The first-order valence-electron chi connectivity index (χ1n) is 9.16. The van der Waals surface area contributed by atoms with E-state index in [-0.39, 0.29) is 5.91 Å². The zero-order valence-electron chi connectivity index (χ0n) is 15.0. The maximum absolute atomic E-state index is 12.0. The molecule has 1 saturated heterocycles. The minimum absolute atomic E-state index is 0.0301. The highest BCUT2D eigenvalue weighted by Gasteiger charge is 2.11. The normalized spacial score (nSPS) is 13.6. The molecule has 0 atom stereocenters. The van der Waals surface area contributed by atoms with Gasteiger partial charge in [-0.25, -0.2) is 4.98 Å². The monoisotopic (exact) mass is 378 g/mol. The molecule has 0 saturated carbocycles. The summed E-state index contributed by atoms with van der Waals surface area (Å²) in [6.07, 6.45) is 4.62. The van der Waals surface area contributed by atoms with E-state index >= 15 is 0 Å². The van der Waals surface area contributed by atoms with Crippen molar-refractivity contribution in [1.29, 1.82) is 0 Å². The first kappa shape index (κ1) is 17.5. The molecule has 6 heteroatoms. The Kier molecular flexibility index (Phi) is 5.34. The summed E-state index contributed by atoms with van der Waals surface area (Å²) in [5, 5.41) is 8.15. The number of nitrogens with one attached hydrogen (secondary N) is 2. The molecule has 5 nitrogen and oxygen atoms in total. The van der Waals surface area contributed by atoms with Gasteiger partial charge in [-0.05, 0) is 60.7 Å². The SMILES string of the molecule is O=C(Cc1cccs1)Nc1ccc(Nc2ccc(N3CCCC3)cc2)nc1. The van der Waals surface area contributed by atoms with E-state index < -0.39 is 0 Å². The number of nitrogens with zero attached hydrogens (tertiary/aromatic N) is 2. The van der Waals surface area contributed by atoms with Crippen LogP contribution in [-0.2, 0) is 11.2 Å². The van der Waals surface area contributed by atoms with E-state index in [1.54, 1.807) is 17.5 Å². The van der Waals surface area contributed by atoms with Gasteiger partial charge in [0.25, 0.3) is 0 Å². The number of carbonyl (C=O) groups excluding carboxylic acids is 1. The molecule has 1 fully saturated rings. The van der Waals surface area contributed by atoms with Crippen LogP contribution in [0.15, 0.2) is 60.1 Å². The minimum atomic E-state index is -0.0301. The molecular weight excluding hydrogens is 356 g/mol. The van der Waals surface area contributed by atoms with Crippen LogP contribution in [0.2, 0.25) is 0 Å². The van der Waals surface area contributed by atoms with Crippen LogP contribution in [0, 0.1) is 0 Å². The van der Waals surface area contributed by atoms with E-state index in [2.05, 4.69) is 44.8 Å². The second-order valence-electron chi connectivity index (χ2n) is 6.60. The van der Waals surface area contributed by atoms with Crippen LogP contribution in [0.1, 0.15) is 17.7 Å². The van der Waals surface area contributed by atoms with Crippen LogP contribution < -0.4 is 15.5 Å². The Labute approximate surface area is 163 Å². The van der Waals surface area contributed by atoms with E-state index in [4.69, 9.17) is 0 Å². The van der Waals surface area contributed by atoms with Crippen LogP contribution >= 0.6 is 11.3 Å². The van der Waals surface area contributed by atoms with E-state index in [0.717, 1.165) is 29.5 Å². The van der Waals surface area contributed by atoms with Crippen molar-refractivity contribution in [2.75, 3.05) is 28.6 Å². The van der Waals surface area contributed by atoms with Crippen molar-refractivity contribution < 1.29 is 4.79 Å². The summed E-state index contributed by atoms with van der Waals surface area (Å²) >= 11 is 1.58. The number of aromatic nitrogens is 1. The molecule has 1 aliphatic rings. The van der Waals surface area contributed by atoms with Crippen LogP contribution in [0.4, 0.5) is 22.9 Å². The molecule has 3 aromatic rings. The van der Waals surface area contributed by atoms with E-state index in [1.165, 1.54) is 18.5 Å². The third kappa shape index (κ3) is 4.65. The quantitative estimate of drug-likeness (QED) is 0.654. The second kappa shape index (κ2) is 8.22. The van der Waals surface area contributed by atoms with Gasteiger partial charge in [-0.15, -0.1) is 11.3 Å². The zero-order valence-corrected chi connectivity index (χ0v) is 15.8. The van der Waals surface area contributed by atoms with Gasteiger partial charge in [-0.3, -0.25) is 4.79 Å². The molecule has 0 bridgehead atoms. The third-order valence-electron chi connectivity index (χ3n) is 4.57. The Morgan fingerprint density at radius 1 is 1.04 bits per heavy atom. The Morgan fingerprint density at radius 3 is 2.48 bits per heavy atom. The van der Waals surface area contributed by atoms with Gasteiger partial charge in [0.2, 0.25) is 5.91 Å². The molecular formula is C21H22N4OS. The summed E-state index contributed by atoms with van der Waals surface area (Å²) in [6.45, 7) is 2.29. The molecule has 1 aromatic carbocycles. The van der Waals surface area contributed by atoms with E-state index in [9.17, 15) is 4.79 Å². The Hall–Kier alpha value is -2.86. The fourth-order valence-electron chi connectivity index (χ4n) is 3.20. The molecule has 0 spiro atoms. The molecule has 0 unspecified atom stereocenters. The van der Waals surface area contributed by atoms with Gasteiger partial charge >= 0.3 is 0 Å². The van der Waals surface area contributed by atoms with Gasteiger partial charge in [0, 0.05) is 29.3 Å². The average Bonchev–Trinajstić information content (AvgIpc) is 3.38. The molecule has 0 aliphatic carbocycles. The van der Waals surface area contributed by atoms with Crippen LogP contribution in [0.5, 0.6) is 0 Å². The molecule has 4 rings (SSSR count). The smallest absolute Gasteiger partial charge is 0.229 e. The third-order valence-corrected chi connectivity index (χ3v) is 5.45. The number of hydrogen-bond acceptors (Lipinski definition) is 5. The first-order chi connectivity index (χ1) is 13.3. The van der Waals surface area contributed by atoms with Crippen molar-refractivity contribution in [3.05, 3.63) is 65.0 Å². The summed E-state index contributed by atoms with van der Waals surface area (Å²) < 4.78 is 0. The maximum atomic E-state index is 12.0. The van der Waals surface area contributed by atoms with Gasteiger partial charge < -0.3 is 15.5 Å². The van der Waals surface area contributed by atoms with Crippen LogP contribution in [0.25, 0.3) is 0 Å². The standard InChI is InChI=1S/C21H22N4OS/c26-21(14-19-4-3-13-27-19)24-17-7-10-20(22-15-17)23-16-5-8-18(9-6-16)25-11-1-2-12-25/h3-10,13,15H,1-2,11-12,14H2,(H,22,23)(H,24,26). The zero-order chi connectivity index (χ0) is 18.5. The predicted octanol–water partition coefficient (Wildman–Crippen LogP) is 4.67. The summed E-state index contributed by atoms with van der Waals surface area (Å²) in [5.41, 5.74) is 2.97. The van der Waals surface area contributed by atoms with Crippen LogP contribution in [-0.4, -0.2) is 24.0 Å². The van der Waals surface area contributed by atoms with Crippen molar-refractivity contribution in [1.82, 2.24) is 4.98 Å². The van der Waals surface area contributed by atoms with Gasteiger partial charge in [0.15, 0.2) is 0 Å². The Morgan fingerprint density at radius 2 is 1.81 bits per heavy atom. The van der Waals surface area contributed by atoms with Crippen molar-refractivity contribution in [3.8, 4) is 0 Å². The van der Waals surface area contributed by atoms with Crippen LogP contribution in [0.3, 0.4) is 0 Å². The lowest BCUT2D eigenvalue weighted by Crippen LogP contribution is -2.17. The Bertz CT molecular complexity index is 870. The first-order valence-corrected chi connectivity index (χ1v) is 10.0. The highest BCUT2D eigenvalue weighted by Crippen LogP contribution is 2.23. The lowest BCUT2D eigenvalue weighted by atomic mass is 10.2. The molecule has 1 aliphatic heterocycles. The number of hydrogen-bond donors (Lipinski definition) is 2. The topological polar surface area (TPSA) is 57.3 Å². The highest BCUT2D eigenvalue weighted by atomic mass is 32.1. The summed E-state index contributed by atoms with van der Waals surface area (Å²) in [4.78, 5) is 19.9. The maximum Gasteiger partial charge on any atom is 0.229 e. The molecule has 0 radical (unpaired) electrons. The van der Waals surface area contributed by atoms with Gasteiger partial charge in [-0.2, -0.15) is 0 Å². The Balaban J connectivity index is 1.32. The molecule has 2 N–H and O–H groups in total. The van der Waals surface area contributed by atoms with Crippen molar-refractivity contribution in [2.24, 2.45) is 0 Å². The number of amides is 1.